The lowest BCUT2D eigenvalue weighted by molar-refractivity contribution is -0.207. The largest absolute Gasteiger partial charge is 0.489 e. The molecule has 0 fully saturated rings. The van der Waals surface area contributed by atoms with Crippen LogP contribution in [0.25, 0.3) is 0 Å². The second-order valence-corrected chi connectivity index (χ2v) is 9.76. The normalized spacial score (nSPS) is 13.1. The first kappa shape index (κ1) is 31.1. The molecule has 0 saturated heterocycles. The zero-order valence-corrected chi connectivity index (χ0v) is 22.8. The minimum atomic E-state index is -4.42. The summed E-state index contributed by atoms with van der Waals surface area (Å²) in [5.41, 5.74) is -4.50. The molecule has 0 bridgehead atoms. The molecule has 7 nitrogen and oxygen atoms in total. The number of pyridine rings is 1. The Kier molecular flexibility index (Phi) is 8.56. The highest BCUT2D eigenvalue weighted by atomic mass is 19.4. The van der Waals surface area contributed by atoms with Crippen LogP contribution in [0.15, 0.2) is 91.4 Å². The van der Waals surface area contributed by atoms with Crippen LogP contribution in [-0.4, -0.2) is 30.3 Å². The molecule has 1 unspecified atom stereocenters. The van der Waals surface area contributed by atoms with Gasteiger partial charge in [0.25, 0.3) is 0 Å². The third-order valence-corrected chi connectivity index (χ3v) is 6.66. The van der Waals surface area contributed by atoms with E-state index in [2.05, 4.69) is 32.4 Å². The first-order valence-corrected chi connectivity index (χ1v) is 13.0. The number of tetrazole rings is 1. The van der Waals surface area contributed by atoms with E-state index in [9.17, 15) is 27.1 Å². The highest BCUT2D eigenvalue weighted by Gasteiger charge is 2.58. The summed E-state index contributed by atoms with van der Waals surface area (Å²) in [5.74, 6) is -0.574. The van der Waals surface area contributed by atoms with Gasteiger partial charge in [-0.05, 0) is 76.7 Å². The van der Waals surface area contributed by atoms with E-state index in [0.29, 0.717) is 29.0 Å². The Balaban J connectivity index is 1.29. The molecule has 1 N–H and O–H groups in total. The zero-order chi connectivity index (χ0) is 32.2. The van der Waals surface area contributed by atoms with Crippen molar-refractivity contribution >= 4 is 0 Å². The number of aromatic nitrogens is 5. The predicted octanol–water partition coefficient (Wildman–Crippen LogP) is 6.02. The lowest BCUT2D eigenvalue weighted by atomic mass is 9.84. The van der Waals surface area contributed by atoms with Crippen LogP contribution >= 0.6 is 0 Å². The van der Waals surface area contributed by atoms with Gasteiger partial charge in [0, 0.05) is 29.0 Å². The Bertz CT molecular complexity index is 1820. The van der Waals surface area contributed by atoms with Gasteiger partial charge in [0.15, 0.2) is 5.60 Å². The van der Waals surface area contributed by atoms with Crippen molar-refractivity contribution < 1.29 is 40.6 Å². The van der Waals surface area contributed by atoms with E-state index in [-0.39, 0.29) is 12.2 Å². The molecule has 0 aliphatic heterocycles. The second-order valence-electron chi connectivity index (χ2n) is 9.76. The van der Waals surface area contributed by atoms with Gasteiger partial charge >= 0.3 is 12.1 Å². The average Bonchev–Trinajstić information content (AvgIpc) is 3.52. The van der Waals surface area contributed by atoms with Gasteiger partial charge < -0.3 is 9.84 Å². The Morgan fingerprint density at radius 3 is 2.11 bits per heavy atom. The van der Waals surface area contributed by atoms with Crippen molar-refractivity contribution in [3.63, 3.8) is 0 Å². The number of benzene rings is 3. The molecule has 3 aromatic carbocycles. The Morgan fingerprint density at radius 2 is 1.51 bits per heavy atom. The summed E-state index contributed by atoms with van der Waals surface area (Å²) in [6.07, 6.45) is -2.42. The third-order valence-electron chi connectivity index (χ3n) is 6.66. The summed E-state index contributed by atoms with van der Waals surface area (Å²) in [5, 5.41) is 21.4. The standard InChI is InChI=1S/C31H20F7N5O2/c32-24-10-13-26(27(33)15-24)29(44,18-43-19-40-41-42-43)30(34,35)28-14-7-21(16-39-28)2-1-20-5-11-25(12-6-20)45-17-22-3-8-23(9-4-22)31(36,37)38/h3-16,19,44H,17-18H2. The summed E-state index contributed by atoms with van der Waals surface area (Å²) in [6, 6.07) is 15.1. The fraction of sp³-hybridized carbons (Fsp3) is 0.161. The molecular formula is C31H20F7N5O2. The van der Waals surface area contributed by atoms with Crippen LogP contribution in [0.3, 0.4) is 0 Å². The van der Waals surface area contributed by atoms with E-state index in [0.717, 1.165) is 41.5 Å². The van der Waals surface area contributed by atoms with Crippen LogP contribution < -0.4 is 4.74 Å². The van der Waals surface area contributed by atoms with Gasteiger partial charge in [0.1, 0.15) is 36.0 Å². The lowest BCUT2D eigenvalue weighted by Crippen LogP contribution is -2.48. The molecule has 5 rings (SSSR count). The molecule has 0 amide bonds. The maximum Gasteiger partial charge on any atom is 0.416 e. The first-order chi connectivity index (χ1) is 21.3. The number of aliphatic hydroxyl groups is 1. The van der Waals surface area contributed by atoms with E-state index in [4.69, 9.17) is 4.74 Å². The van der Waals surface area contributed by atoms with Gasteiger partial charge in [0.05, 0.1) is 12.1 Å². The van der Waals surface area contributed by atoms with E-state index >= 15 is 8.78 Å². The summed E-state index contributed by atoms with van der Waals surface area (Å²) >= 11 is 0. The average molecular weight is 628 g/mol. The molecular weight excluding hydrogens is 607 g/mol. The highest BCUT2D eigenvalue weighted by molar-refractivity contribution is 5.44. The van der Waals surface area contributed by atoms with Gasteiger partial charge in [0.2, 0.25) is 0 Å². The summed E-state index contributed by atoms with van der Waals surface area (Å²) in [6.45, 7) is -0.937. The minimum absolute atomic E-state index is 0.0461. The number of halogens is 7. The highest BCUT2D eigenvalue weighted by Crippen LogP contribution is 2.46. The molecule has 45 heavy (non-hydrogen) atoms. The van der Waals surface area contributed by atoms with Crippen LogP contribution in [0.4, 0.5) is 30.7 Å². The van der Waals surface area contributed by atoms with Gasteiger partial charge in [-0.25, -0.2) is 13.5 Å². The van der Waals surface area contributed by atoms with Crippen molar-refractivity contribution in [1.29, 1.82) is 0 Å². The van der Waals surface area contributed by atoms with Crippen molar-refractivity contribution in [2.24, 2.45) is 0 Å². The van der Waals surface area contributed by atoms with Crippen LogP contribution in [0, 0.1) is 23.5 Å². The number of hydrogen-bond donors (Lipinski definition) is 1. The topological polar surface area (TPSA) is 86.0 Å². The van der Waals surface area contributed by atoms with Crippen LogP contribution in [-0.2, 0) is 30.9 Å². The van der Waals surface area contributed by atoms with E-state index in [1.165, 1.54) is 18.2 Å². The molecule has 2 aromatic heterocycles. The molecule has 0 aliphatic carbocycles. The number of alkyl halides is 5. The molecule has 0 aliphatic rings. The monoisotopic (exact) mass is 627 g/mol. The smallest absolute Gasteiger partial charge is 0.416 e. The fourth-order valence-electron chi connectivity index (χ4n) is 4.27. The van der Waals surface area contributed by atoms with Gasteiger partial charge in [-0.3, -0.25) is 4.98 Å². The predicted molar refractivity (Wildman–Crippen MR) is 144 cm³/mol. The fourth-order valence-corrected chi connectivity index (χ4v) is 4.27. The SMILES string of the molecule is OC(Cn1cnnn1)(c1ccc(F)cc1F)C(F)(F)c1ccc(C#Cc2ccc(OCc3ccc(C(F)(F)F)cc3)cc2)cn1. The van der Waals surface area contributed by atoms with Gasteiger partial charge in [-0.15, -0.1) is 5.10 Å². The van der Waals surface area contributed by atoms with Crippen molar-refractivity contribution in [3.05, 3.63) is 137 Å². The Morgan fingerprint density at radius 1 is 0.822 bits per heavy atom. The minimum Gasteiger partial charge on any atom is -0.489 e. The number of nitrogens with zero attached hydrogens (tertiary/aromatic N) is 5. The number of rotatable bonds is 8. The van der Waals surface area contributed by atoms with Crippen molar-refractivity contribution in [2.45, 2.75) is 30.9 Å². The Labute approximate surface area is 250 Å². The van der Waals surface area contributed by atoms with Crippen molar-refractivity contribution in [3.8, 4) is 17.6 Å². The maximum atomic E-state index is 15.9. The van der Waals surface area contributed by atoms with Crippen molar-refractivity contribution in [2.75, 3.05) is 0 Å². The van der Waals surface area contributed by atoms with E-state index < -0.39 is 52.7 Å². The molecule has 0 radical (unpaired) electrons. The third kappa shape index (κ3) is 6.94. The second kappa shape index (κ2) is 12.4. The summed E-state index contributed by atoms with van der Waals surface area (Å²) in [7, 11) is 0. The van der Waals surface area contributed by atoms with E-state index in [1.807, 2.05) is 0 Å². The molecule has 0 spiro atoms. The van der Waals surface area contributed by atoms with Crippen LogP contribution in [0.1, 0.15) is 33.5 Å². The summed E-state index contributed by atoms with van der Waals surface area (Å²) in [4.78, 5) is 3.76. The number of ether oxygens (including phenoxy) is 1. The molecule has 1 atom stereocenters. The van der Waals surface area contributed by atoms with Crippen LogP contribution in [0.5, 0.6) is 5.75 Å². The van der Waals surface area contributed by atoms with E-state index in [1.54, 1.807) is 24.3 Å². The quantitative estimate of drug-likeness (QED) is 0.167. The van der Waals surface area contributed by atoms with Crippen LogP contribution in [0.2, 0.25) is 0 Å². The number of hydrogen-bond acceptors (Lipinski definition) is 6. The molecule has 5 aromatic rings. The zero-order valence-electron chi connectivity index (χ0n) is 22.8. The molecule has 14 heteroatoms. The first-order valence-electron chi connectivity index (χ1n) is 13.0. The molecule has 2 heterocycles. The molecule has 0 saturated carbocycles. The molecule has 230 valence electrons. The lowest BCUT2D eigenvalue weighted by Gasteiger charge is -2.35. The van der Waals surface area contributed by atoms with Gasteiger partial charge in [-0.1, -0.05) is 24.0 Å². The maximum absolute atomic E-state index is 15.9. The van der Waals surface area contributed by atoms with Gasteiger partial charge in [-0.2, -0.15) is 22.0 Å². The summed E-state index contributed by atoms with van der Waals surface area (Å²) < 4.78 is 104. The Hall–Kier alpha value is -5.29. The van der Waals surface area contributed by atoms with Crippen molar-refractivity contribution in [1.82, 2.24) is 25.2 Å².